The predicted molar refractivity (Wildman–Crippen MR) is 59.0 cm³/mol. The van der Waals surface area contributed by atoms with Crippen LogP contribution in [0.3, 0.4) is 0 Å². The molecule has 0 spiro atoms. The second-order valence-corrected chi connectivity index (χ2v) is 3.51. The zero-order valence-corrected chi connectivity index (χ0v) is 8.75. The molecule has 3 aromatic rings. The second-order valence-electron chi connectivity index (χ2n) is 3.51. The van der Waals surface area contributed by atoms with Crippen LogP contribution in [0.5, 0.6) is 0 Å². The molecule has 0 saturated heterocycles. The number of halogens is 1. The van der Waals surface area contributed by atoms with Crippen molar-refractivity contribution in [2.24, 2.45) is 0 Å². The molecule has 3 rings (SSSR count). The van der Waals surface area contributed by atoms with Crippen molar-refractivity contribution in [2.75, 3.05) is 0 Å². The molecule has 0 bridgehead atoms. The Balaban J connectivity index is 2.13. The van der Waals surface area contributed by atoms with Gasteiger partial charge < -0.3 is 4.42 Å². The van der Waals surface area contributed by atoms with E-state index in [4.69, 9.17) is 4.42 Å². The summed E-state index contributed by atoms with van der Waals surface area (Å²) in [5, 5.41) is 7.42. The Morgan fingerprint density at radius 3 is 2.65 bits per heavy atom. The molecular weight excluding hydrogens is 221 g/mol. The lowest BCUT2D eigenvalue weighted by Crippen LogP contribution is -1.92. The van der Waals surface area contributed by atoms with Gasteiger partial charge in [-0.15, -0.1) is 10.2 Å². The Labute approximate surface area is 96.3 Å². The molecule has 0 atom stereocenters. The second kappa shape index (κ2) is 3.86. The Morgan fingerprint density at radius 1 is 1.12 bits per heavy atom. The summed E-state index contributed by atoms with van der Waals surface area (Å²) in [6.07, 6.45) is 4.62. The summed E-state index contributed by atoms with van der Waals surface area (Å²) in [4.78, 5) is 0. The summed E-state index contributed by atoms with van der Waals surface area (Å²) in [5.74, 6) is 0.175. The zero-order chi connectivity index (χ0) is 11.7. The van der Waals surface area contributed by atoms with Gasteiger partial charge in [0.05, 0.1) is 11.8 Å². The van der Waals surface area contributed by atoms with Gasteiger partial charge in [-0.2, -0.15) is 0 Å². The van der Waals surface area contributed by atoms with E-state index in [1.807, 2.05) is 0 Å². The zero-order valence-electron chi connectivity index (χ0n) is 8.75. The molecule has 5 heteroatoms. The molecule has 0 fully saturated rings. The van der Waals surface area contributed by atoms with Gasteiger partial charge in [0.25, 0.3) is 0 Å². The highest BCUT2D eigenvalue weighted by atomic mass is 19.1. The molecule has 0 radical (unpaired) electrons. The van der Waals surface area contributed by atoms with Crippen LogP contribution in [0.15, 0.2) is 53.7 Å². The molecule has 0 aliphatic heterocycles. The topological polar surface area (TPSA) is 43.9 Å². The molecule has 0 saturated carbocycles. The number of aromatic nitrogens is 3. The van der Waals surface area contributed by atoms with Crippen LogP contribution in [0.2, 0.25) is 0 Å². The summed E-state index contributed by atoms with van der Waals surface area (Å²) in [5.41, 5.74) is 1.20. The van der Waals surface area contributed by atoms with Crippen LogP contribution in [0, 0.1) is 5.82 Å². The summed E-state index contributed by atoms with van der Waals surface area (Å²) in [6.45, 7) is 0. The summed E-state index contributed by atoms with van der Waals surface area (Å²) in [6, 6.07) is 8.18. The normalized spacial score (nSPS) is 10.6. The maximum absolute atomic E-state index is 13.7. The summed E-state index contributed by atoms with van der Waals surface area (Å²) in [7, 11) is 0. The molecule has 1 aromatic carbocycles. The van der Waals surface area contributed by atoms with Crippen molar-refractivity contribution in [3.8, 4) is 17.0 Å². The van der Waals surface area contributed by atoms with E-state index in [1.165, 1.54) is 12.3 Å². The van der Waals surface area contributed by atoms with Crippen LogP contribution < -0.4 is 0 Å². The van der Waals surface area contributed by atoms with E-state index in [9.17, 15) is 4.39 Å². The van der Waals surface area contributed by atoms with E-state index in [0.29, 0.717) is 11.3 Å². The Hall–Kier alpha value is -2.43. The highest BCUT2D eigenvalue weighted by Crippen LogP contribution is 2.25. The molecule has 2 aromatic heterocycles. The molecule has 2 heterocycles. The first-order valence-corrected chi connectivity index (χ1v) is 5.03. The Kier molecular flexibility index (Phi) is 2.22. The van der Waals surface area contributed by atoms with E-state index in [0.717, 1.165) is 5.69 Å². The van der Waals surface area contributed by atoms with Crippen molar-refractivity contribution in [3.05, 3.63) is 55.1 Å². The van der Waals surface area contributed by atoms with Crippen molar-refractivity contribution in [1.29, 1.82) is 0 Å². The number of hydrogen-bond acceptors (Lipinski definition) is 3. The van der Waals surface area contributed by atoms with Gasteiger partial charge in [-0.25, -0.2) is 4.39 Å². The van der Waals surface area contributed by atoms with Crippen molar-refractivity contribution in [2.45, 2.75) is 0 Å². The van der Waals surface area contributed by atoms with Crippen LogP contribution in [0.25, 0.3) is 17.0 Å². The minimum atomic E-state index is -0.322. The fourth-order valence-corrected chi connectivity index (χ4v) is 1.63. The highest BCUT2D eigenvalue weighted by molar-refractivity contribution is 5.61. The maximum Gasteiger partial charge on any atom is 0.136 e. The van der Waals surface area contributed by atoms with Crippen LogP contribution in [-0.2, 0) is 0 Å². The van der Waals surface area contributed by atoms with Crippen LogP contribution in [-0.4, -0.2) is 14.8 Å². The van der Waals surface area contributed by atoms with Crippen molar-refractivity contribution in [3.63, 3.8) is 0 Å². The fraction of sp³-hybridized carbons (Fsp3) is 0. The van der Waals surface area contributed by atoms with Crippen molar-refractivity contribution < 1.29 is 8.81 Å². The standard InChI is InChI=1S/C12H8FN3O/c13-11-4-3-9(16-7-14-15-8-16)6-10(11)12-2-1-5-17-12/h1-8H. The first kappa shape index (κ1) is 9.77. The highest BCUT2D eigenvalue weighted by Gasteiger charge is 2.09. The van der Waals surface area contributed by atoms with E-state index < -0.39 is 0 Å². The van der Waals surface area contributed by atoms with Crippen LogP contribution in [0.1, 0.15) is 0 Å². The van der Waals surface area contributed by atoms with Gasteiger partial charge in [-0.1, -0.05) is 0 Å². The minimum Gasteiger partial charge on any atom is -0.464 e. The fourth-order valence-electron chi connectivity index (χ4n) is 1.63. The van der Waals surface area contributed by atoms with Crippen LogP contribution in [0.4, 0.5) is 4.39 Å². The SMILES string of the molecule is Fc1ccc(-n2cnnc2)cc1-c1ccco1. The lowest BCUT2D eigenvalue weighted by Gasteiger charge is -2.04. The van der Waals surface area contributed by atoms with E-state index in [1.54, 1.807) is 41.5 Å². The molecular formula is C12H8FN3O. The molecule has 0 aliphatic carbocycles. The smallest absolute Gasteiger partial charge is 0.136 e. The number of rotatable bonds is 2. The third-order valence-electron chi connectivity index (χ3n) is 2.45. The minimum absolute atomic E-state index is 0.322. The molecule has 0 N–H and O–H groups in total. The molecule has 0 unspecified atom stereocenters. The molecule has 84 valence electrons. The van der Waals surface area contributed by atoms with Crippen molar-refractivity contribution >= 4 is 0 Å². The number of benzene rings is 1. The van der Waals surface area contributed by atoms with Gasteiger partial charge in [0.15, 0.2) is 0 Å². The van der Waals surface area contributed by atoms with Crippen LogP contribution >= 0.6 is 0 Å². The average molecular weight is 229 g/mol. The van der Waals surface area contributed by atoms with Gasteiger partial charge in [0, 0.05) is 5.69 Å². The van der Waals surface area contributed by atoms with E-state index in [-0.39, 0.29) is 5.82 Å². The van der Waals surface area contributed by atoms with E-state index >= 15 is 0 Å². The first-order valence-electron chi connectivity index (χ1n) is 5.03. The predicted octanol–water partition coefficient (Wildman–Crippen LogP) is 2.67. The summed E-state index contributed by atoms with van der Waals surface area (Å²) >= 11 is 0. The molecule has 4 nitrogen and oxygen atoms in total. The van der Waals surface area contributed by atoms with Gasteiger partial charge in [-0.05, 0) is 30.3 Å². The number of hydrogen-bond donors (Lipinski definition) is 0. The lowest BCUT2D eigenvalue weighted by molar-refractivity contribution is 0.569. The molecule has 0 amide bonds. The quantitative estimate of drug-likeness (QED) is 0.678. The number of nitrogens with zero attached hydrogens (tertiary/aromatic N) is 3. The monoisotopic (exact) mass is 229 g/mol. The molecule has 0 aliphatic rings. The first-order chi connectivity index (χ1) is 8.34. The Bertz CT molecular complexity index is 617. The Morgan fingerprint density at radius 2 is 1.94 bits per heavy atom. The number of furan rings is 1. The van der Waals surface area contributed by atoms with Gasteiger partial charge in [-0.3, -0.25) is 4.57 Å². The largest absolute Gasteiger partial charge is 0.464 e. The summed E-state index contributed by atoms with van der Waals surface area (Å²) < 4.78 is 20.6. The van der Waals surface area contributed by atoms with Crippen molar-refractivity contribution in [1.82, 2.24) is 14.8 Å². The van der Waals surface area contributed by atoms with Gasteiger partial charge in [0.2, 0.25) is 0 Å². The lowest BCUT2D eigenvalue weighted by atomic mass is 10.1. The van der Waals surface area contributed by atoms with E-state index in [2.05, 4.69) is 10.2 Å². The average Bonchev–Trinajstić information content (AvgIpc) is 3.03. The third kappa shape index (κ3) is 1.71. The third-order valence-corrected chi connectivity index (χ3v) is 2.45. The van der Waals surface area contributed by atoms with Gasteiger partial charge in [0.1, 0.15) is 24.2 Å². The van der Waals surface area contributed by atoms with Gasteiger partial charge >= 0.3 is 0 Å². The maximum atomic E-state index is 13.7. The molecule has 17 heavy (non-hydrogen) atoms.